The molecule has 1 amide bonds. The summed E-state index contributed by atoms with van der Waals surface area (Å²) in [5, 5.41) is 1.98. The van der Waals surface area contributed by atoms with Crippen LogP contribution in [0, 0.1) is 0 Å². The first-order valence-electron chi connectivity index (χ1n) is 10.1. The number of aryl methyl sites for hydroxylation is 1. The Kier molecular flexibility index (Phi) is 5.30. The van der Waals surface area contributed by atoms with E-state index in [0.29, 0.717) is 16.7 Å². The Balaban J connectivity index is 1.43. The van der Waals surface area contributed by atoms with Gasteiger partial charge in [-0.05, 0) is 68.5 Å². The van der Waals surface area contributed by atoms with Crippen molar-refractivity contribution >= 4 is 28.4 Å². The summed E-state index contributed by atoms with van der Waals surface area (Å²) in [7, 11) is 2.10. The maximum atomic E-state index is 13.1. The number of ether oxygens (including phenoxy) is 1. The zero-order valence-corrected chi connectivity index (χ0v) is 17.9. The topological polar surface area (TPSA) is 34.5 Å². The third-order valence-corrected chi connectivity index (χ3v) is 6.10. The Labute approximate surface area is 177 Å². The van der Waals surface area contributed by atoms with Crippen molar-refractivity contribution in [2.45, 2.75) is 38.2 Å². The summed E-state index contributed by atoms with van der Waals surface area (Å²) >= 11 is 5.94. The number of likely N-dealkylation sites (tertiary alicyclic amines) is 1. The van der Waals surface area contributed by atoms with E-state index in [1.54, 1.807) is 24.3 Å². The highest BCUT2D eigenvalue weighted by molar-refractivity contribution is 6.30. The number of piperidine rings is 1. The van der Waals surface area contributed by atoms with Gasteiger partial charge in [-0.3, -0.25) is 4.79 Å². The van der Waals surface area contributed by atoms with Crippen LogP contribution in [0.2, 0.25) is 5.02 Å². The van der Waals surface area contributed by atoms with E-state index in [-0.39, 0.29) is 5.91 Å². The Hall–Kier alpha value is -2.46. The molecule has 0 aliphatic carbocycles. The van der Waals surface area contributed by atoms with Gasteiger partial charge in [-0.2, -0.15) is 0 Å². The molecule has 4 rings (SSSR count). The molecule has 0 spiro atoms. The van der Waals surface area contributed by atoms with Crippen LogP contribution in [0.25, 0.3) is 10.9 Å². The van der Waals surface area contributed by atoms with Crippen LogP contribution in [0.15, 0.2) is 54.7 Å². The number of carbonyl (C=O) groups is 1. The van der Waals surface area contributed by atoms with E-state index in [0.717, 1.165) is 25.9 Å². The fourth-order valence-electron chi connectivity index (χ4n) is 4.31. The van der Waals surface area contributed by atoms with E-state index >= 15 is 0 Å². The number of rotatable bonds is 4. The van der Waals surface area contributed by atoms with Crippen molar-refractivity contribution in [2.24, 2.45) is 7.05 Å². The standard InChI is InChI=1S/C24H27ClN2O2/c1-24(2,29-19-10-8-18(25)9-11-19)23(28)27-14-12-17(13-15-27)21-16-26(3)22-7-5-4-6-20(21)22/h4-11,16-17H,12-15H2,1-3H3. The van der Waals surface area contributed by atoms with Crippen molar-refractivity contribution in [3.05, 3.63) is 65.3 Å². The van der Waals surface area contributed by atoms with Crippen LogP contribution in [0.4, 0.5) is 0 Å². The Morgan fingerprint density at radius 3 is 2.41 bits per heavy atom. The summed E-state index contributed by atoms with van der Waals surface area (Å²) in [6, 6.07) is 15.7. The third-order valence-electron chi connectivity index (χ3n) is 5.85. The minimum absolute atomic E-state index is 0.0313. The zero-order valence-electron chi connectivity index (χ0n) is 17.2. The Morgan fingerprint density at radius 2 is 1.72 bits per heavy atom. The molecule has 2 heterocycles. The first-order chi connectivity index (χ1) is 13.8. The van der Waals surface area contributed by atoms with Gasteiger partial charge in [-0.15, -0.1) is 0 Å². The molecule has 1 fully saturated rings. The van der Waals surface area contributed by atoms with Gasteiger partial charge in [-0.1, -0.05) is 29.8 Å². The smallest absolute Gasteiger partial charge is 0.266 e. The van der Waals surface area contributed by atoms with Crippen molar-refractivity contribution in [1.29, 1.82) is 0 Å². The van der Waals surface area contributed by atoms with E-state index < -0.39 is 5.60 Å². The predicted molar refractivity (Wildman–Crippen MR) is 118 cm³/mol. The van der Waals surface area contributed by atoms with Crippen molar-refractivity contribution < 1.29 is 9.53 Å². The molecule has 29 heavy (non-hydrogen) atoms. The minimum atomic E-state index is -0.917. The van der Waals surface area contributed by atoms with Gasteiger partial charge in [0, 0.05) is 42.3 Å². The van der Waals surface area contributed by atoms with Crippen LogP contribution in [-0.2, 0) is 11.8 Å². The van der Waals surface area contributed by atoms with Crippen LogP contribution in [-0.4, -0.2) is 34.1 Å². The van der Waals surface area contributed by atoms with Crippen molar-refractivity contribution in [3.8, 4) is 5.75 Å². The average molecular weight is 411 g/mol. The van der Waals surface area contributed by atoms with Crippen molar-refractivity contribution in [1.82, 2.24) is 9.47 Å². The second kappa shape index (κ2) is 7.75. The average Bonchev–Trinajstić information content (AvgIpc) is 3.06. The lowest BCUT2D eigenvalue weighted by molar-refractivity contribution is -0.146. The molecular weight excluding hydrogens is 384 g/mol. The van der Waals surface area contributed by atoms with E-state index in [9.17, 15) is 4.79 Å². The van der Waals surface area contributed by atoms with Gasteiger partial charge in [-0.25, -0.2) is 0 Å². The van der Waals surface area contributed by atoms with Crippen LogP contribution in [0.3, 0.4) is 0 Å². The summed E-state index contributed by atoms with van der Waals surface area (Å²) in [6.45, 7) is 5.17. The van der Waals surface area contributed by atoms with Gasteiger partial charge in [0.1, 0.15) is 5.75 Å². The van der Waals surface area contributed by atoms with E-state index in [2.05, 4.69) is 42.1 Å². The number of amides is 1. The van der Waals surface area contributed by atoms with Gasteiger partial charge < -0.3 is 14.2 Å². The lowest BCUT2D eigenvalue weighted by atomic mass is 9.88. The maximum Gasteiger partial charge on any atom is 0.266 e. The molecule has 4 nitrogen and oxygen atoms in total. The number of hydrogen-bond donors (Lipinski definition) is 0. The third kappa shape index (κ3) is 3.99. The highest BCUT2D eigenvalue weighted by Gasteiger charge is 2.36. The summed E-state index contributed by atoms with van der Waals surface area (Å²) in [5.41, 5.74) is 1.74. The van der Waals surface area contributed by atoms with Crippen LogP contribution in [0.1, 0.15) is 38.2 Å². The summed E-state index contributed by atoms with van der Waals surface area (Å²) in [5.74, 6) is 1.16. The van der Waals surface area contributed by atoms with Gasteiger partial charge in [0.15, 0.2) is 5.60 Å². The molecule has 152 valence electrons. The largest absolute Gasteiger partial charge is 0.478 e. The second-order valence-electron chi connectivity index (χ2n) is 8.35. The number of carbonyl (C=O) groups excluding carboxylic acids is 1. The number of hydrogen-bond acceptors (Lipinski definition) is 2. The number of para-hydroxylation sites is 1. The van der Waals surface area contributed by atoms with Gasteiger partial charge >= 0.3 is 0 Å². The van der Waals surface area contributed by atoms with Crippen LogP contribution < -0.4 is 4.74 Å². The second-order valence-corrected chi connectivity index (χ2v) is 8.78. The predicted octanol–water partition coefficient (Wildman–Crippen LogP) is 5.40. The van der Waals surface area contributed by atoms with Crippen LogP contribution >= 0.6 is 11.6 Å². The maximum absolute atomic E-state index is 13.1. The number of nitrogens with zero attached hydrogens (tertiary/aromatic N) is 2. The Bertz CT molecular complexity index is 1020. The lowest BCUT2D eigenvalue weighted by Gasteiger charge is -2.37. The minimum Gasteiger partial charge on any atom is -0.478 e. The normalized spacial score (nSPS) is 15.7. The fraction of sp³-hybridized carbons (Fsp3) is 0.375. The van der Waals surface area contributed by atoms with Crippen molar-refractivity contribution in [2.75, 3.05) is 13.1 Å². The molecule has 2 aromatic carbocycles. The van der Waals surface area contributed by atoms with Crippen LogP contribution in [0.5, 0.6) is 5.75 Å². The van der Waals surface area contributed by atoms with E-state index in [1.807, 2.05) is 18.7 Å². The monoisotopic (exact) mass is 410 g/mol. The van der Waals surface area contributed by atoms with Crippen molar-refractivity contribution in [3.63, 3.8) is 0 Å². The fourth-order valence-corrected chi connectivity index (χ4v) is 4.44. The molecule has 0 saturated carbocycles. The number of benzene rings is 2. The molecular formula is C24H27ClN2O2. The first kappa shape index (κ1) is 19.8. The molecule has 1 aliphatic rings. The summed E-state index contributed by atoms with van der Waals surface area (Å²) in [4.78, 5) is 15.1. The molecule has 0 N–H and O–H groups in total. The first-order valence-corrected chi connectivity index (χ1v) is 10.5. The molecule has 1 aromatic heterocycles. The molecule has 0 atom stereocenters. The molecule has 5 heteroatoms. The molecule has 1 aliphatic heterocycles. The quantitative estimate of drug-likeness (QED) is 0.577. The highest BCUT2D eigenvalue weighted by atomic mass is 35.5. The van der Waals surface area contributed by atoms with Gasteiger partial charge in [0.2, 0.25) is 0 Å². The molecule has 1 saturated heterocycles. The number of fused-ring (bicyclic) bond motifs is 1. The van der Waals surface area contributed by atoms with E-state index in [1.165, 1.54) is 16.5 Å². The van der Waals surface area contributed by atoms with Gasteiger partial charge in [0.05, 0.1) is 0 Å². The molecule has 0 bridgehead atoms. The zero-order chi connectivity index (χ0) is 20.6. The number of halogens is 1. The van der Waals surface area contributed by atoms with Gasteiger partial charge in [0.25, 0.3) is 5.91 Å². The molecule has 0 radical (unpaired) electrons. The summed E-state index contributed by atoms with van der Waals surface area (Å²) < 4.78 is 8.19. The molecule has 0 unspecified atom stereocenters. The van der Waals surface area contributed by atoms with E-state index in [4.69, 9.17) is 16.3 Å². The number of aromatic nitrogens is 1. The summed E-state index contributed by atoms with van der Waals surface area (Å²) in [6.07, 6.45) is 4.19. The lowest BCUT2D eigenvalue weighted by Crippen LogP contribution is -2.51. The highest BCUT2D eigenvalue weighted by Crippen LogP contribution is 2.35. The SMILES string of the molecule is Cn1cc(C2CCN(C(=O)C(C)(C)Oc3ccc(Cl)cc3)CC2)c2ccccc21. The molecule has 3 aromatic rings. The Morgan fingerprint density at radius 1 is 1.07 bits per heavy atom.